The van der Waals surface area contributed by atoms with E-state index in [9.17, 15) is 4.79 Å². The molecule has 0 radical (unpaired) electrons. The van der Waals surface area contributed by atoms with Gasteiger partial charge in [0.2, 0.25) is 5.91 Å². The summed E-state index contributed by atoms with van der Waals surface area (Å²) in [6.07, 6.45) is 1.38. The Kier molecular flexibility index (Phi) is 5.96. The van der Waals surface area contributed by atoms with Crippen LogP contribution in [0.15, 0.2) is 53.4 Å². The molecule has 3 nitrogen and oxygen atoms in total. The number of nitrogens with one attached hydrogen (secondary N) is 2. The summed E-state index contributed by atoms with van der Waals surface area (Å²) in [6, 6.07) is 15.3. The van der Waals surface area contributed by atoms with Crippen LogP contribution in [0.2, 0.25) is 5.02 Å². The van der Waals surface area contributed by atoms with Gasteiger partial charge in [0.1, 0.15) is 0 Å². The topological polar surface area (TPSA) is 41.1 Å². The van der Waals surface area contributed by atoms with Crippen LogP contribution in [0.4, 0.5) is 11.4 Å². The maximum atomic E-state index is 11.6. The summed E-state index contributed by atoms with van der Waals surface area (Å²) in [4.78, 5) is 12.6. The molecule has 0 saturated carbocycles. The van der Waals surface area contributed by atoms with Crippen molar-refractivity contribution >= 4 is 40.8 Å². The van der Waals surface area contributed by atoms with Crippen molar-refractivity contribution in [3.05, 3.63) is 53.6 Å². The van der Waals surface area contributed by atoms with E-state index in [2.05, 4.69) is 10.0 Å². The molecule has 2 aromatic carbocycles. The van der Waals surface area contributed by atoms with E-state index in [1.165, 1.54) is 11.9 Å². The molecule has 0 bridgehead atoms. The standard InChI is InChI=1S/C16H17ClN2OS/c1-2-5-16(20)18-13-7-4-9-15(11-13)21-19-14-8-3-6-12(17)10-14/h3-4,6-11,19H,2,5H2,1H3,(H,18,20). The van der Waals surface area contributed by atoms with Crippen molar-refractivity contribution in [1.82, 2.24) is 0 Å². The second-order valence-electron chi connectivity index (χ2n) is 4.54. The van der Waals surface area contributed by atoms with Gasteiger partial charge in [-0.2, -0.15) is 0 Å². The van der Waals surface area contributed by atoms with Crippen molar-refractivity contribution in [3.63, 3.8) is 0 Å². The van der Waals surface area contributed by atoms with Crippen LogP contribution in [-0.4, -0.2) is 5.91 Å². The molecule has 0 unspecified atom stereocenters. The number of carbonyl (C=O) groups is 1. The Labute approximate surface area is 134 Å². The molecule has 1 amide bonds. The maximum Gasteiger partial charge on any atom is 0.224 e. The van der Waals surface area contributed by atoms with Gasteiger partial charge in [0.15, 0.2) is 0 Å². The number of hydrogen-bond donors (Lipinski definition) is 2. The molecular formula is C16H17ClN2OS. The third-order valence-electron chi connectivity index (χ3n) is 2.71. The van der Waals surface area contributed by atoms with Crippen LogP contribution in [-0.2, 0) is 4.79 Å². The zero-order chi connectivity index (χ0) is 15.1. The van der Waals surface area contributed by atoms with E-state index in [4.69, 9.17) is 11.6 Å². The van der Waals surface area contributed by atoms with Gasteiger partial charge < -0.3 is 10.0 Å². The number of carbonyl (C=O) groups excluding carboxylic acids is 1. The molecule has 0 aliphatic heterocycles. The Morgan fingerprint density at radius 2 is 1.90 bits per heavy atom. The average molecular weight is 321 g/mol. The number of benzene rings is 2. The van der Waals surface area contributed by atoms with E-state index >= 15 is 0 Å². The van der Waals surface area contributed by atoms with Crippen molar-refractivity contribution in [2.24, 2.45) is 0 Å². The van der Waals surface area contributed by atoms with Crippen molar-refractivity contribution in [1.29, 1.82) is 0 Å². The summed E-state index contributed by atoms with van der Waals surface area (Å²) in [5.74, 6) is 0.0439. The fourth-order valence-corrected chi connectivity index (χ4v) is 2.64. The van der Waals surface area contributed by atoms with Gasteiger partial charge in [-0.1, -0.05) is 30.7 Å². The summed E-state index contributed by atoms with van der Waals surface area (Å²) in [7, 11) is 0. The highest BCUT2D eigenvalue weighted by Crippen LogP contribution is 2.25. The van der Waals surface area contributed by atoms with Crippen LogP contribution in [0, 0.1) is 0 Å². The first-order valence-corrected chi connectivity index (χ1v) is 7.95. The molecule has 2 N–H and O–H groups in total. The van der Waals surface area contributed by atoms with E-state index in [1.807, 2.05) is 55.5 Å². The van der Waals surface area contributed by atoms with Gasteiger partial charge in [-0.15, -0.1) is 0 Å². The first-order chi connectivity index (χ1) is 10.2. The van der Waals surface area contributed by atoms with E-state index in [0.717, 1.165) is 22.7 Å². The smallest absolute Gasteiger partial charge is 0.224 e. The molecule has 0 fully saturated rings. The Balaban J connectivity index is 1.96. The summed E-state index contributed by atoms with van der Waals surface area (Å²) in [5.41, 5.74) is 1.75. The minimum Gasteiger partial charge on any atom is -0.326 e. The molecule has 0 atom stereocenters. The van der Waals surface area contributed by atoms with Gasteiger partial charge in [0.25, 0.3) is 0 Å². The number of hydrogen-bond acceptors (Lipinski definition) is 3. The second kappa shape index (κ2) is 7.96. The quantitative estimate of drug-likeness (QED) is 0.719. The Bertz CT molecular complexity index is 619. The monoisotopic (exact) mass is 320 g/mol. The number of rotatable bonds is 6. The van der Waals surface area contributed by atoms with E-state index < -0.39 is 0 Å². The first-order valence-electron chi connectivity index (χ1n) is 6.75. The van der Waals surface area contributed by atoms with Gasteiger partial charge in [0, 0.05) is 27.7 Å². The predicted octanol–water partition coefficient (Wildman–Crippen LogP) is 5.20. The highest BCUT2D eigenvalue weighted by atomic mass is 35.5. The van der Waals surface area contributed by atoms with Crippen molar-refractivity contribution < 1.29 is 4.79 Å². The minimum atomic E-state index is 0.0439. The highest BCUT2D eigenvalue weighted by Gasteiger charge is 2.02. The number of amides is 1. The lowest BCUT2D eigenvalue weighted by molar-refractivity contribution is -0.116. The van der Waals surface area contributed by atoms with Crippen LogP contribution in [0.25, 0.3) is 0 Å². The normalized spacial score (nSPS) is 10.2. The third-order valence-corrected chi connectivity index (χ3v) is 3.77. The fourth-order valence-electron chi connectivity index (χ4n) is 1.76. The van der Waals surface area contributed by atoms with Crippen LogP contribution in [0.3, 0.4) is 0 Å². The molecule has 0 heterocycles. The largest absolute Gasteiger partial charge is 0.326 e. The van der Waals surface area contributed by atoms with Gasteiger partial charge in [-0.3, -0.25) is 4.79 Å². The molecular weight excluding hydrogens is 304 g/mol. The summed E-state index contributed by atoms with van der Waals surface area (Å²) >= 11 is 7.42. The first kappa shape index (κ1) is 15.7. The number of halogens is 1. The Hall–Kier alpha value is -1.65. The lowest BCUT2D eigenvalue weighted by Crippen LogP contribution is -2.10. The molecule has 21 heavy (non-hydrogen) atoms. The molecule has 2 aromatic rings. The molecule has 0 aliphatic carbocycles. The maximum absolute atomic E-state index is 11.6. The van der Waals surface area contributed by atoms with Gasteiger partial charge in [-0.05, 0) is 54.8 Å². The molecule has 0 aromatic heterocycles. The summed E-state index contributed by atoms with van der Waals surface area (Å²) < 4.78 is 3.23. The lowest BCUT2D eigenvalue weighted by Gasteiger charge is -2.08. The van der Waals surface area contributed by atoms with Gasteiger partial charge in [0.05, 0.1) is 0 Å². The zero-order valence-corrected chi connectivity index (χ0v) is 13.3. The third kappa shape index (κ3) is 5.33. The zero-order valence-electron chi connectivity index (χ0n) is 11.7. The lowest BCUT2D eigenvalue weighted by atomic mass is 10.3. The van der Waals surface area contributed by atoms with Crippen LogP contribution in [0.1, 0.15) is 19.8 Å². The summed E-state index contributed by atoms with van der Waals surface area (Å²) in [5, 5.41) is 3.58. The molecule has 0 spiro atoms. The van der Waals surface area contributed by atoms with Crippen LogP contribution in [0.5, 0.6) is 0 Å². The number of anilines is 2. The van der Waals surface area contributed by atoms with Crippen LogP contribution >= 0.6 is 23.5 Å². The average Bonchev–Trinajstić information content (AvgIpc) is 2.46. The van der Waals surface area contributed by atoms with E-state index in [-0.39, 0.29) is 5.91 Å². The fraction of sp³-hybridized carbons (Fsp3) is 0.188. The molecule has 0 aliphatic rings. The molecule has 0 saturated heterocycles. The molecule has 5 heteroatoms. The SMILES string of the molecule is CCCC(=O)Nc1cccc(SNc2cccc(Cl)c2)c1. The van der Waals surface area contributed by atoms with Crippen molar-refractivity contribution in [2.75, 3.05) is 10.0 Å². The predicted molar refractivity (Wildman–Crippen MR) is 90.9 cm³/mol. The second-order valence-corrected chi connectivity index (χ2v) is 5.86. The van der Waals surface area contributed by atoms with Crippen molar-refractivity contribution in [3.8, 4) is 0 Å². The summed E-state index contributed by atoms with van der Waals surface area (Å²) in [6.45, 7) is 1.99. The van der Waals surface area contributed by atoms with Gasteiger partial charge in [-0.25, -0.2) is 0 Å². The van der Waals surface area contributed by atoms with Crippen molar-refractivity contribution in [2.45, 2.75) is 24.7 Å². The van der Waals surface area contributed by atoms with E-state index in [1.54, 1.807) is 0 Å². The minimum absolute atomic E-state index is 0.0439. The molecule has 2 rings (SSSR count). The van der Waals surface area contributed by atoms with Gasteiger partial charge >= 0.3 is 0 Å². The molecule has 110 valence electrons. The van der Waals surface area contributed by atoms with Crippen LogP contribution < -0.4 is 10.0 Å². The van der Waals surface area contributed by atoms with E-state index in [0.29, 0.717) is 11.4 Å². The Morgan fingerprint density at radius 3 is 2.67 bits per heavy atom. The highest BCUT2D eigenvalue weighted by molar-refractivity contribution is 8.00. The Morgan fingerprint density at radius 1 is 1.14 bits per heavy atom.